The molecule has 128 valence electrons. The van der Waals surface area contributed by atoms with Crippen molar-refractivity contribution in [2.75, 3.05) is 6.54 Å². The Bertz CT molecular complexity index is 362. The Kier molecular flexibility index (Phi) is 6.58. The number of nitrogens with zero attached hydrogens (tertiary/aromatic N) is 1. The molecule has 1 amide bonds. The van der Waals surface area contributed by atoms with Gasteiger partial charge >= 0.3 is 0 Å². The molecule has 3 atom stereocenters. The highest BCUT2D eigenvalue weighted by Crippen LogP contribution is 2.42. The average Bonchev–Trinajstić information content (AvgIpc) is 2.71. The van der Waals surface area contributed by atoms with Gasteiger partial charge in [0.25, 0.3) is 0 Å². The maximum absolute atomic E-state index is 13.1. The van der Waals surface area contributed by atoms with E-state index in [4.69, 9.17) is 5.73 Å². The van der Waals surface area contributed by atoms with Crippen molar-refractivity contribution in [3.63, 3.8) is 0 Å². The predicted octanol–water partition coefficient (Wildman–Crippen LogP) is 3.74. The van der Waals surface area contributed by atoms with Crippen LogP contribution in [0.1, 0.15) is 71.1 Å². The summed E-state index contributed by atoms with van der Waals surface area (Å²) >= 11 is 0. The van der Waals surface area contributed by atoms with E-state index < -0.39 is 0 Å². The van der Waals surface area contributed by atoms with Crippen LogP contribution in [0.4, 0.5) is 0 Å². The van der Waals surface area contributed by atoms with Crippen molar-refractivity contribution in [1.29, 1.82) is 0 Å². The number of likely N-dealkylation sites (tertiary alicyclic amines) is 1. The predicted molar refractivity (Wildman–Crippen MR) is 93.0 cm³/mol. The lowest BCUT2D eigenvalue weighted by Crippen LogP contribution is -2.51. The summed E-state index contributed by atoms with van der Waals surface area (Å²) in [4.78, 5) is 15.4. The molecule has 3 fully saturated rings. The molecule has 3 nitrogen and oxygen atoms in total. The number of carbonyl (C=O) groups is 1. The molecular weight excluding hydrogens is 296 g/mol. The van der Waals surface area contributed by atoms with Crippen molar-refractivity contribution in [1.82, 2.24) is 4.90 Å². The average molecular weight is 329 g/mol. The third-order valence-electron chi connectivity index (χ3n) is 6.39. The van der Waals surface area contributed by atoms with Crippen LogP contribution in [0.25, 0.3) is 0 Å². The van der Waals surface area contributed by atoms with Crippen molar-refractivity contribution in [3.05, 3.63) is 0 Å². The number of amides is 1. The fourth-order valence-corrected chi connectivity index (χ4v) is 5.12. The first-order valence-corrected chi connectivity index (χ1v) is 9.26. The van der Waals surface area contributed by atoms with Crippen LogP contribution in [0.15, 0.2) is 0 Å². The first-order valence-electron chi connectivity index (χ1n) is 9.26. The largest absolute Gasteiger partial charge is 0.339 e. The molecule has 3 rings (SSSR count). The highest BCUT2D eigenvalue weighted by molar-refractivity contribution is 5.85. The van der Waals surface area contributed by atoms with Gasteiger partial charge in [0.2, 0.25) is 5.91 Å². The molecule has 0 radical (unpaired) electrons. The SMILES string of the molecule is CCC1CCCCCN1C(=O)C1CC2CCCC(C1)C2N.Cl. The summed E-state index contributed by atoms with van der Waals surface area (Å²) in [5.41, 5.74) is 6.38. The van der Waals surface area contributed by atoms with Gasteiger partial charge in [-0.3, -0.25) is 4.79 Å². The first kappa shape index (κ1) is 18.1. The molecule has 22 heavy (non-hydrogen) atoms. The van der Waals surface area contributed by atoms with Crippen LogP contribution in [0.5, 0.6) is 0 Å². The molecule has 0 aromatic rings. The highest BCUT2D eigenvalue weighted by atomic mass is 35.5. The molecule has 0 aromatic carbocycles. The maximum atomic E-state index is 13.1. The molecule has 2 N–H and O–H groups in total. The minimum atomic E-state index is 0. The van der Waals surface area contributed by atoms with E-state index in [1.165, 1.54) is 44.9 Å². The topological polar surface area (TPSA) is 46.3 Å². The first-order chi connectivity index (χ1) is 10.2. The molecule has 2 saturated carbocycles. The number of fused-ring (bicyclic) bond motifs is 2. The van der Waals surface area contributed by atoms with Crippen molar-refractivity contribution < 1.29 is 4.79 Å². The molecule has 2 bridgehead atoms. The Morgan fingerprint density at radius 1 is 1.05 bits per heavy atom. The van der Waals surface area contributed by atoms with Gasteiger partial charge in [0, 0.05) is 24.5 Å². The van der Waals surface area contributed by atoms with E-state index in [0.717, 1.165) is 25.8 Å². The van der Waals surface area contributed by atoms with Crippen molar-refractivity contribution >= 4 is 18.3 Å². The summed E-state index contributed by atoms with van der Waals surface area (Å²) in [5, 5.41) is 0. The number of halogens is 1. The van der Waals surface area contributed by atoms with Crippen LogP contribution in [0.2, 0.25) is 0 Å². The van der Waals surface area contributed by atoms with Crippen LogP contribution in [-0.4, -0.2) is 29.4 Å². The van der Waals surface area contributed by atoms with Crippen LogP contribution >= 0.6 is 12.4 Å². The number of carbonyl (C=O) groups excluding carboxylic acids is 1. The van der Waals surface area contributed by atoms with Crippen LogP contribution in [-0.2, 0) is 4.79 Å². The normalized spacial score (nSPS) is 38.8. The smallest absolute Gasteiger partial charge is 0.225 e. The second-order valence-corrected chi connectivity index (χ2v) is 7.64. The molecule has 3 unspecified atom stereocenters. The molecule has 0 spiro atoms. The molecule has 1 aliphatic heterocycles. The summed E-state index contributed by atoms with van der Waals surface area (Å²) in [6, 6.07) is 0.865. The third kappa shape index (κ3) is 3.62. The lowest BCUT2D eigenvalue weighted by atomic mass is 9.65. The van der Waals surface area contributed by atoms with E-state index in [2.05, 4.69) is 11.8 Å². The zero-order valence-corrected chi connectivity index (χ0v) is 14.8. The summed E-state index contributed by atoms with van der Waals surface area (Å²) < 4.78 is 0. The van der Waals surface area contributed by atoms with Gasteiger partial charge in [0.15, 0.2) is 0 Å². The van der Waals surface area contributed by atoms with Crippen LogP contribution < -0.4 is 5.73 Å². The number of rotatable bonds is 2. The van der Waals surface area contributed by atoms with E-state index in [9.17, 15) is 4.79 Å². The molecule has 1 heterocycles. The second kappa shape index (κ2) is 8.01. The van der Waals surface area contributed by atoms with Crippen molar-refractivity contribution in [2.24, 2.45) is 23.5 Å². The van der Waals surface area contributed by atoms with Gasteiger partial charge in [-0.1, -0.05) is 26.2 Å². The summed E-state index contributed by atoms with van der Waals surface area (Å²) in [7, 11) is 0. The fourth-order valence-electron chi connectivity index (χ4n) is 5.12. The minimum Gasteiger partial charge on any atom is -0.339 e. The number of nitrogens with two attached hydrogens (primary N) is 1. The third-order valence-corrected chi connectivity index (χ3v) is 6.39. The lowest BCUT2D eigenvalue weighted by Gasteiger charge is -2.45. The molecule has 0 aromatic heterocycles. The summed E-state index contributed by atoms with van der Waals surface area (Å²) in [5.74, 6) is 1.96. The summed E-state index contributed by atoms with van der Waals surface area (Å²) in [6.45, 7) is 3.23. The monoisotopic (exact) mass is 328 g/mol. The van der Waals surface area contributed by atoms with E-state index in [0.29, 0.717) is 29.8 Å². The minimum absolute atomic E-state index is 0. The Hall–Kier alpha value is -0.280. The van der Waals surface area contributed by atoms with E-state index in [1.807, 2.05) is 0 Å². The Morgan fingerprint density at radius 3 is 2.36 bits per heavy atom. The van der Waals surface area contributed by atoms with E-state index in [1.54, 1.807) is 0 Å². The van der Waals surface area contributed by atoms with Crippen LogP contribution in [0.3, 0.4) is 0 Å². The maximum Gasteiger partial charge on any atom is 0.225 e. The summed E-state index contributed by atoms with van der Waals surface area (Å²) in [6.07, 6.45) is 12.0. The van der Waals surface area contributed by atoms with Crippen molar-refractivity contribution in [3.8, 4) is 0 Å². The Labute approximate surface area is 141 Å². The van der Waals surface area contributed by atoms with Gasteiger partial charge < -0.3 is 10.6 Å². The van der Waals surface area contributed by atoms with Crippen molar-refractivity contribution in [2.45, 2.75) is 83.2 Å². The number of hydrogen-bond acceptors (Lipinski definition) is 2. The second-order valence-electron chi connectivity index (χ2n) is 7.64. The van der Waals surface area contributed by atoms with E-state index in [-0.39, 0.29) is 18.3 Å². The zero-order valence-electron chi connectivity index (χ0n) is 14.0. The Balaban J connectivity index is 0.00000176. The van der Waals surface area contributed by atoms with Gasteiger partial charge in [-0.15, -0.1) is 12.4 Å². The number of hydrogen-bond donors (Lipinski definition) is 1. The van der Waals surface area contributed by atoms with Gasteiger partial charge in [0.05, 0.1) is 0 Å². The van der Waals surface area contributed by atoms with Gasteiger partial charge in [-0.25, -0.2) is 0 Å². The zero-order chi connectivity index (χ0) is 14.8. The molecule has 1 saturated heterocycles. The lowest BCUT2D eigenvalue weighted by molar-refractivity contribution is -0.141. The van der Waals surface area contributed by atoms with Crippen LogP contribution in [0, 0.1) is 17.8 Å². The Morgan fingerprint density at radius 2 is 1.73 bits per heavy atom. The van der Waals surface area contributed by atoms with E-state index >= 15 is 0 Å². The molecule has 3 aliphatic rings. The quantitative estimate of drug-likeness (QED) is 0.839. The fraction of sp³-hybridized carbons (Fsp3) is 0.944. The molecule has 4 heteroatoms. The standard InChI is InChI=1S/C18H32N2O.ClH/c1-2-16-9-4-3-5-10-20(16)18(21)15-11-13-7-6-8-14(12-15)17(13)19;/h13-17H,2-12,19H2,1H3;1H. The molecular formula is C18H33ClN2O. The molecule has 2 aliphatic carbocycles. The highest BCUT2D eigenvalue weighted by Gasteiger charge is 2.42. The van der Waals surface area contributed by atoms with Gasteiger partial charge in [-0.2, -0.15) is 0 Å². The van der Waals surface area contributed by atoms with Gasteiger partial charge in [0.1, 0.15) is 0 Å². The van der Waals surface area contributed by atoms with Gasteiger partial charge in [-0.05, 0) is 56.8 Å².